The molecule has 0 spiro atoms. The predicted molar refractivity (Wildman–Crippen MR) is 111 cm³/mol. The minimum atomic E-state index is -0.752. The summed E-state index contributed by atoms with van der Waals surface area (Å²) in [5.41, 5.74) is 2.46. The zero-order chi connectivity index (χ0) is 21.1. The van der Waals surface area contributed by atoms with Crippen LogP contribution in [0.5, 0.6) is 5.75 Å². The van der Waals surface area contributed by atoms with Crippen LogP contribution in [0.1, 0.15) is 44.3 Å². The van der Waals surface area contributed by atoms with Crippen LogP contribution in [0.3, 0.4) is 0 Å². The van der Waals surface area contributed by atoms with E-state index in [1.54, 1.807) is 35.0 Å². The highest BCUT2D eigenvalue weighted by molar-refractivity contribution is 7.08. The van der Waals surface area contributed by atoms with Crippen LogP contribution in [0.4, 0.5) is 0 Å². The van der Waals surface area contributed by atoms with Crippen LogP contribution in [0.15, 0.2) is 65.4 Å². The maximum absolute atomic E-state index is 12.8. The summed E-state index contributed by atoms with van der Waals surface area (Å²) in [5.74, 6) is -0.638. The van der Waals surface area contributed by atoms with Gasteiger partial charge in [-0.3, -0.25) is 19.3 Å². The molecular formula is C23H19NO5S. The highest BCUT2D eigenvalue weighted by Gasteiger charge is 2.42. The Bertz CT molecular complexity index is 1040. The van der Waals surface area contributed by atoms with Gasteiger partial charge in [-0.05, 0) is 23.3 Å². The van der Waals surface area contributed by atoms with Crippen molar-refractivity contribution >= 4 is 29.1 Å². The number of benzene rings is 2. The lowest BCUT2D eigenvalue weighted by Crippen LogP contribution is -2.35. The monoisotopic (exact) mass is 421 g/mol. The van der Waals surface area contributed by atoms with Gasteiger partial charge < -0.3 is 9.47 Å². The first kappa shape index (κ1) is 19.8. The first-order valence-corrected chi connectivity index (χ1v) is 10.3. The van der Waals surface area contributed by atoms with Gasteiger partial charge in [0, 0.05) is 10.8 Å². The van der Waals surface area contributed by atoms with E-state index in [-0.39, 0.29) is 6.42 Å². The molecule has 2 aromatic carbocycles. The molecule has 3 aromatic rings. The second-order valence-corrected chi connectivity index (χ2v) is 7.56. The molecule has 4 rings (SSSR count). The van der Waals surface area contributed by atoms with Crippen molar-refractivity contribution in [1.82, 2.24) is 4.90 Å². The highest BCUT2D eigenvalue weighted by atomic mass is 32.1. The van der Waals surface area contributed by atoms with Crippen molar-refractivity contribution in [3.8, 4) is 5.75 Å². The van der Waals surface area contributed by atoms with E-state index in [0.717, 1.165) is 10.5 Å². The Morgan fingerprint density at radius 1 is 0.967 bits per heavy atom. The summed E-state index contributed by atoms with van der Waals surface area (Å²) in [7, 11) is 1.28. The van der Waals surface area contributed by atoms with Crippen LogP contribution in [-0.2, 0) is 16.1 Å². The molecule has 7 heteroatoms. The van der Waals surface area contributed by atoms with Crippen LogP contribution in [0, 0.1) is 0 Å². The molecule has 1 unspecified atom stereocenters. The average molecular weight is 421 g/mol. The van der Waals surface area contributed by atoms with Crippen molar-refractivity contribution < 1.29 is 23.9 Å². The molecule has 0 fully saturated rings. The van der Waals surface area contributed by atoms with Crippen molar-refractivity contribution in [3.05, 3.63) is 87.6 Å². The van der Waals surface area contributed by atoms with Gasteiger partial charge >= 0.3 is 5.97 Å². The van der Waals surface area contributed by atoms with E-state index in [9.17, 15) is 14.4 Å². The normalized spacial score (nSPS) is 13.8. The zero-order valence-corrected chi connectivity index (χ0v) is 17.1. The summed E-state index contributed by atoms with van der Waals surface area (Å²) in [6.45, 7) is 0.425. The molecule has 0 saturated heterocycles. The fourth-order valence-electron chi connectivity index (χ4n) is 3.39. The molecule has 30 heavy (non-hydrogen) atoms. The second kappa shape index (κ2) is 8.51. The second-order valence-electron chi connectivity index (χ2n) is 6.82. The average Bonchev–Trinajstić information content (AvgIpc) is 3.35. The molecule has 1 atom stereocenters. The quantitative estimate of drug-likeness (QED) is 0.422. The summed E-state index contributed by atoms with van der Waals surface area (Å²) >= 11 is 1.31. The Kier molecular flexibility index (Phi) is 5.63. The SMILES string of the molecule is COC(=O)CC(c1ccc(OCc2ccccc2)cc1)N1C(=O)c2cscc2C1=O. The Labute approximate surface area is 177 Å². The van der Waals surface area contributed by atoms with Gasteiger partial charge in [-0.25, -0.2) is 0 Å². The maximum Gasteiger partial charge on any atom is 0.307 e. The third-order valence-electron chi connectivity index (χ3n) is 4.97. The largest absolute Gasteiger partial charge is 0.489 e. The number of rotatable bonds is 7. The van der Waals surface area contributed by atoms with E-state index in [1.807, 2.05) is 30.3 Å². The summed E-state index contributed by atoms with van der Waals surface area (Å²) < 4.78 is 10.6. The number of carbonyl (C=O) groups excluding carboxylic acids is 3. The molecule has 0 radical (unpaired) electrons. The van der Waals surface area contributed by atoms with Crippen LogP contribution in [-0.4, -0.2) is 29.8 Å². The molecule has 6 nitrogen and oxygen atoms in total. The lowest BCUT2D eigenvalue weighted by Gasteiger charge is -2.26. The number of thiophene rings is 1. The molecule has 152 valence electrons. The van der Waals surface area contributed by atoms with Crippen molar-refractivity contribution in [1.29, 1.82) is 0 Å². The molecule has 0 aliphatic carbocycles. The number of ether oxygens (including phenoxy) is 2. The van der Waals surface area contributed by atoms with Gasteiger partial charge in [-0.1, -0.05) is 42.5 Å². The number of imide groups is 1. The molecule has 1 aliphatic heterocycles. The standard InChI is InChI=1S/C23H19NO5S/c1-28-21(25)11-20(24-22(26)18-13-30-14-19(18)23(24)27)16-7-9-17(10-8-16)29-12-15-5-3-2-4-6-15/h2-10,13-14,20H,11-12H2,1H3. The summed E-state index contributed by atoms with van der Waals surface area (Å²) in [6.07, 6.45) is -0.119. The summed E-state index contributed by atoms with van der Waals surface area (Å²) in [5, 5.41) is 3.32. The Morgan fingerprint density at radius 2 is 1.60 bits per heavy atom. The van der Waals surface area contributed by atoms with E-state index < -0.39 is 23.8 Å². The van der Waals surface area contributed by atoms with Crippen LogP contribution in [0.25, 0.3) is 0 Å². The molecule has 1 aromatic heterocycles. The summed E-state index contributed by atoms with van der Waals surface area (Å²) in [4.78, 5) is 38.8. The Balaban J connectivity index is 1.55. The van der Waals surface area contributed by atoms with E-state index in [2.05, 4.69) is 0 Å². The van der Waals surface area contributed by atoms with Crippen molar-refractivity contribution in [2.24, 2.45) is 0 Å². The number of hydrogen-bond donors (Lipinski definition) is 0. The van der Waals surface area contributed by atoms with E-state index in [0.29, 0.717) is 29.0 Å². The fraction of sp³-hybridized carbons (Fsp3) is 0.174. The number of esters is 1. The van der Waals surface area contributed by atoms with E-state index >= 15 is 0 Å². The number of nitrogens with zero attached hydrogens (tertiary/aromatic N) is 1. The zero-order valence-electron chi connectivity index (χ0n) is 16.2. The fourth-order valence-corrected chi connectivity index (χ4v) is 4.19. The van der Waals surface area contributed by atoms with Gasteiger partial charge in [-0.2, -0.15) is 11.3 Å². The van der Waals surface area contributed by atoms with Crippen LogP contribution in [0.2, 0.25) is 0 Å². The molecular weight excluding hydrogens is 402 g/mol. The van der Waals surface area contributed by atoms with Crippen molar-refractivity contribution in [2.45, 2.75) is 19.1 Å². The third-order valence-corrected chi connectivity index (χ3v) is 5.72. The minimum absolute atomic E-state index is 0.119. The molecule has 0 bridgehead atoms. The lowest BCUT2D eigenvalue weighted by atomic mass is 10.0. The van der Waals surface area contributed by atoms with Gasteiger partial charge in [0.1, 0.15) is 12.4 Å². The molecule has 0 saturated carbocycles. The van der Waals surface area contributed by atoms with Crippen molar-refractivity contribution in [2.75, 3.05) is 7.11 Å². The first-order valence-electron chi connectivity index (χ1n) is 9.36. The van der Waals surface area contributed by atoms with Crippen LogP contribution < -0.4 is 4.74 Å². The molecule has 2 heterocycles. The van der Waals surface area contributed by atoms with E-state index in [4.69, 9.17) is 9.47 Å². The summed E-state index contributed by atoms with van der Waals surface area (Å²) in [6, 6.07) is 16.1. The third kappa shape index (κ3) is 3.84. The van der Waals surface area contributed by atoms with Gasteiger partial charge in [0.15, 0.2) is 0 Å². The number of amides is 2. The number of hydrogen-bond acceptors (Lipinski definition) is 6. The van der Waals surface area contributed by atoms with Gasteiger partial charge in [0.05, 0.1) is 30.7 Å². The van der Waals surface area contributed by atoms with Crippen molar-refractivity contribution in [3.63, 3.8) is 0 Å². The number of fused-ring (bicyclic) bond motifs is 1. The van der Waals surface area contributed by atoms with Crippen LogP contribution >= 0.6 is 11.3 Å². The molecule has 1 aliphatic rings. The Hall–Kier alpha value is -3.45. The van der Waals surface area contributed by atoms with Gasteiger partial charge in [-0.15, -0.1) is 0 Å². The molecule has 2 amide bonds. The lowest BCUT2D eigenvalue weighted by molar-refractivity contribution is -0.141. The maximum atomic E-state index is 12.8. The van der Waals surface area contributed by atoms with E-state index in [1.165, 1.54) is 18.4 Å². The predicted octanol–water partition coefficient (Wildman–Crippen LogP) is 4.23. The van der Waals surface area contributed by atoms with Gasteiger partial charge in [0.2, 0.25) is 0 Å². The number of methoxy groups -OCH3 is 1. The smallest absolute Gasteiger partial charge is 0.307 e. The Morgan fingerprint density at radius 3 is 2.20 bits per heavy atom. The number of carbonyl (C=O) groups is 3. The first-order chi connectivity index (χ1) is 14.6. The topological polar surface area (TPSA) is 72.9 Å². The minimum Gasteiger partial charge on any atom is -0.489 e. The highest BCUT2D eigenvalue weighted by Crippen LogP contribution is 2.35. The van der Waals surface area contributed by atoms with Gasteiger partial charge in [0.25, 0.3) is 11.8 Å². The molecule has 0 N–H and O–H groups in total.